The van der Waals surface area contributed by atoms with Crippen LogP contribution in [0.2, 0.25) is 10.0 Å². The quantitative estimate of drug-likeness (QED) is 0.221. The molecule has 1 saturated heterocycles. The Balaban J connectivity index is 1.14. The van der Waals surface area contributed by atoms with Crippen molar-refractivity contribution in [3.8, 4) is 5.75 Å². The predicted octanol–water partition coefficient (Wildman–Crippen LogP) is 6.58. The van der Waals surface area contributed by atoms with Crippen LogP contribution in [0.1, 0.15) is 22.8 Å². The van der Waals surface area contributed by atoms with E-state index < -0.39 is 17.7 Å². The summed E-state index contributed by atoms with van der Waals surface area (Å²) in [6.07, 6.45) is 0.697. The van der Waals surface area contributed by atoms with Gasteiger partial charge in [0.2, 0.25) is 11.8 Å². The highest BCUT2D eigenvalue weighted by Gasteiger charge is 2.69. The molecule has 0 spiro atoms. The highest BCUT2D eigenvalue weighted by molar-refractivity contribution is 8.00. The fourth-order valence-electron chi connectivity index (χ4n) is 7.98. The molecule has 2 N–H and O–H groups in total. The van der Waals surface area contributed by atoms with Crippen LogP contribution in [0.15, 0.2) is 76.6 Å². The van der Waals surface area contributed by atoms with Crippen molar-refractivity contribution in [1.29, 1.82) is 0 Å². The highest BCUT2D eigenvalue weighted by atomic mass is 35.5. The monoisotopic (exact) mass is 695 g/mol. The lowest BCUT2D eigenvalue weighted by molar-refractivity contribution is -0.123. The van der Waals surface area contributed by atoms with Crippen LogP contribution >= 0.6 is 46.3 Å². The van der Waals surface area contributed by atoms with E-state index in [0.29, 0.717) is 33.6 Å². The van der Waals surface area contributed by atoms with Gasteiger partial charge in [0.15, 0.2) is 6.61 Å². The van der Waals surface area contributed by atoms with Crippen molar-refractivity contribution in [3.05, 3.63) is 103 Å². The van der Waals surface area contributed by atoms with E-state index in [1.807, 2.05) is 0 Å². The number of hydrogen-bond donors (Lipinski definition) is 2. The minimum absolute atomic E-state index is 0.0565. The van der Waals surface area contributed by atoms with E-state index in [1.54, 1.807) is 54.2 Å². The lowest BCUT2D eigenvalue weighted by atomic mass is 9.68. The predicted molar refractivity (Wildman–Crippen MR) is 174 cm³/mol. The minimum atomic E-state index is -0.530. The number of benzene rings is 3. The molecule has 4 aliphatic rings. The van der Waals surface area contributed by atoms with Crippen LogP contribution in [0.3, 0.4) is 0 Å². The number of imide groups is 1. The van der Waals surface area contributed by atoms with Gasteiger partial charge in [-0.25, -0.2) is 4.39 Å². The first kappa shape index (κ1) is 29.7. The Bertz CT molecular complexity index is 1970. The number of nitrogens with one attached hydrogen (secondary N) is 2. The number of halogens is 3. The van der Waals surface area contributed by atoms with Crippen LogP contribution in [0.5, 0.6) is 5.75 Å². The van der Waals surface area contributed by atoms with E-state index in [4.69, 9.17) is 27.9 Å². The zero-order valence-electron chi connectivity index (χ0n) is 23.7. The Morgan fingerprint density at radius 1 is 0.957 bits per heavy atom. The van der Waals surface area contributed by atoms with Gasteiger partial charge in [-0.3, -0.25) is 24.1 Å². The molecule has 2 bridgehead atoms. The van der Waals surface area contributed by atoms with Crippen LogP contribution in [-0.4, -0.2) is 34.6 Å². The van der Waals surface area contributed by atoms with Crippen molar-refractivity contribution in [2.75, 3.05) is 16.8 Å². The number of H-pyrrole nitrogens is 1. The van der Waals surface area contributed by atoms with Crippen molar-refractivity contribution in [3.63, 3.8) is 0 Å². The molecule has 8 nitrogen and oxygen atoms in total. The SMILES string of the molecule is O=C(COc1ccc(Cl)cc1[C@H]1c2sc(=O)[nH]c2SC2C3CC(C4C(=O)N(c5ccc(F)cc5)C(=O)C34)C21)Nc1ccc(Cl)cc1. The zero-order valence-corrected chi connectivity index (χ0v) is 26.9. The molecule has 2 saturated carbocycles. The molecular weight excluding hydrogens is 672 g/mol. The maximum Gasteiger partial charge on any atom is 0.305 e. The second-order valence-electron chi connectivity index (χ2n) is 12.0. The number of hydrogen-bond acceptors (Lipinski definition) is 7. The van der Waals surface area contributed by atoms with Crippen molar-refractivity contribution in [2.45, 2.75) is 22.6 Å². The molecule has 234 valence electrons. The summed E-state index contributed by atoms with van der Waals surface area (Å²) in [4.78, 5) is 58.1. The number of rotatable bonds is 6. The third kappa shape index (κ3) is 4.78. The molecule has 3 aromatic carbocycles. The number of anilines is 2. The lowest BCUT2D eigenvalue weighted by Crippen LogP contribution is -2.42. The van der Waals surface area contributed by atoms with Crippen molar-refractivity contribution in [1.82, 2.24) is 4.98 Å². The number of aromatic amines is 1. The maximum atomic E-state index is 14.0. The molecule has 2 aliphatic carbocycles. The molecule has 6 unspecified atom stereocenters. The normalized spacial score (nSPS) is 27.4. The summed E-state index contributed by atoms with van der Waals surface area (Å²) in [6.45, 7) is -0.278. The largest absolute Gasteiger partial charge is 0.483 e. The molecule has 46 heavy (non-hydrogen) atoms. The molecule has 3 heterocycles. The molecule has 3 amide bonds. The van der Waals surface area contributed by atoms with Crippen LogP contribution in [0, 0.1) is 35.4 Å². The average Bonchev–Trinajstić information content (AvgIpc) is 3.77. The Labute approximate surface area is 280 Å². The smallest absolute Gasteiger partial charge is 0.305 e. The topological polar surface area (TPSA) is 109 Å². The van der Waals surface area contributed by atoms with Gasteiger partial charge in [-0.1, -0.05) is 34.5 Å². The summed E-state index contributed by atoms with van der Waals surface area (Å²) >= 11 is 15.2. The number of amides is 3. The van der Waals surface area contributed by atoms with Crippen LogP contribution in [0.25, 0.3) is 0 Å². The minimum Gasteiger partial charge on any atom is -0.483 e. The summed E-state index contributed by atoms with van der Waals surface area (Å²) in [5, 5.41) is 4.49. The van der Waals surface area contributed by atoms with Gasteiger partial charge in [0.1, 0.15) is 11.6 Å². The van der Waals surface area contributed by atoms with E-state index in [-0.39, 0.29) is 58.1 Å². The second-order valence-corrected chi connectivity index (χ2v) is 15.1. The van der Waals surface area contributed by atoms with Gasteiger partial charge in [0, 0.05) is 37.3 Å². The molecule has 1 aromatic heterocycles. The second kappa shape index (κ2) is 11.3. The number of nitrogens with zero attached hydrogens (tertiary/aromatic N) is 1. The number of thioether (sulfide) groups is 1. The first-order chi connectivity index (χ1) is 22.2. The van der Waals surface area contributed by atoms with Crippen molar-refractivity contribution < 1.29 is 23.5 Å². The van der Waals surface area contributed by atoms with E-state index in [2.05, 4.69) is 10.3 Å². The van der Waals surface area contributed by atoms with Gasteiger partial charge < -0.3 is 15.0 Å². The zero-order chi connectivity index (χ0) is 31.9. The van der Waals surface area contributed by atoms with E-state index in [0.717, 1.165) is 26.8 Å². The first-order valence-corrected chi connectivity index (χ1v) is 17.1. The van der Waals surface area contributed by atoms with Gasteiger partial charge >= 0.3 is 4.87 Å². The fourth-order valence-corrected chi connectivity index (χ4v) is 11.2. The van der Waals surface area contributed by atoms with E-state index in [1.165, 1.54) is 29.2 Å². The highest BCUT2D eigenvalue weighted by Crippen LogP contribution is 2.69. The summed E-state index contributed by atoms with van der Waals surface area (Å²) in [5.74, 6) is -2.64. The number of thiazole rings is 1. The molecule has 2 aliphatic heterocycles. The van der Waals surface area contributed by atoms with Gasteiger partial charge in [0.05, 0.1) is 22.5 Å². The Kier molecular flexibility index (Phi) is 7.28. The van der Waals surface area contributed by atoms with Gasteiger partial charge in [-0.05, 0) is 90.9 Å². The standard InChI is InChI=1S/C33H24Cl2FN3O5S2/c34-14-1-6-17(7-2-14)37-23(40)13-44-22-10-3-15(35)11-19(22)24-25-20-12-21(28(25)45-30-29(24)46-33(43)38-30)27-26(20)31(41)39(32(27)42)18-8-4-16(36)5-9-18/h1-11,20-21,24-28H,12-13H2,(H,37,40)(H,38,43)/t20?,21?,24-,25?,26?,27?,28?/m1/s1. The van der Waals surface area contributed by atoms with E-state index in [9.17, 15) is 23.6 Å². The van der Waals surface area contributed by atoms with Gasteiger partial charge in [-0.15, -0.1) is 11.8 Å². The van der Waals surface area contributed by atoms with Crippen LogP contribution in [-0.2, 0) is 14.4 Å². The molecule has 13 heteroatoms. The van der Waals surface area contributed by atoms with Gasteiger partial charge in [0.25, 0.3) is 5.91 Å². The number of aromatic nitrogens is 1. The number of carbonyl (C=O) groups excluding carboxylic acids is 3. The van der Waals surface area contributed by atoms with Crippen molar-refractivity contribution in [2.24, 2.45) is 29.6 Å². The fraction of sp³-hybridized carbons (Fsp3) is 0.273. The summed E-state index contributed by atoms with van der Waals surface area (Å²) in [7, 11) is 0. The Hall–Kier alpha value is -3.64. The van der Waals surface area contributed by atoms with Crippen LogP contribution in [0.4, 0.5) is 15.8 Å². The van der Waals surface area contributed by atoms with Crippen molar-refractivity contribution >= 4 is 75.4 Å². The molecule has 8 rings (SSSR count). The molecular formula is C33H24Cl2FN3O5S2. The average molecular weight is 697 g/mol. The Morgan fingerprint density at radius 2 is 1.65 bits per heavy atom. The Morgan fingerprint density at radius 3 is 2.39 bits per heavy atom. The lowest BCUT2D eigenvalue weighted by Gasteiger charge is -2.43. The summed E-state index contributed by atoms with van der Waals surface area (Å²) in [5.41, 5.74) is 1.66. The third-order valence-corrected chi connectivity index (χ3v) is 12.7. The molecule has 4 aromatic rings. The first-order valence-electron chi connectivity index (χ1n) is 14.7. The number of ether oxygens (including phenoxy) is 1. The van der Waals surface area contributed by atoms with Crippen LogP contribution < -0.4 is 19.8 Å². The van der Waals surface area contributed by atoms with E-state index >= 15 is 0 Å². The number of carbonyl (C=O) groups is 3. The molecule has 3 fully saturated rings. The molecule has 0 radical (unpaired) electrons. The van der Waals surface area contributed by atoms with Gasteiger partial charge in [-0.2, -0.15) is 0 Å². The third-order valence-electron chi connectivity index (χ3n) is 9.60. The number of fused-ring (bicyclic) bond motifs is 9. The summed E-state index contributed by atoms with van der Waals surface area (Å²) in [6, 6.07) is 17.3. The summed E-state index contributed by atoms with van der Waals surface area (Å²) < 4.78 is 19.8. The molecule has 7 atom stereocenters. The maximum absolute atomic E-state index is 14.0.